The Balaban J connectivity index is 2.37. The second-order valence-electron chi connectivity index (χ2n) is 3.15. The third-order valence-electron chi connectivity index (χ3n) is 2.36. The molecule has 0 aliphatic heterocycles. The number of anilines is 1. The van der Waals surface area contributed by atoms with E-state index in [-0.39, 0.29) is 0 Å². The maximum atomic E-state index is 4.37. The Labute approximate surface area is 98.2 Å². The summed E-state index contributed by atoms with van der Waals surface area (Å²) in [6.07, 6.45) is 1.86. The first kappa shape index (κ1) is 10.6. The Hall–Kier alpha value is -0.870. The van der Waals surface area contributed by atoms with Crippen LogP contribution in [0.25, 0.3) is 10.6 Å². The van der Waals surface area contributed by atoms with Crippen molar-refractivity contribution in [2.75, 3.05) is 18.0 Å². The third kappa shape index (κ3) is 2.06. The maximum Gasteiger partial charge on any atom is 0.126 e. The summed E-state index contributed by atoms with van der Waals surface area (Å²) in [5.74, 6) is 0. The molecule has 4 heteroatoms. The van der Waals surface area contributed by atoms with Crippen LogP contribution in [0.3, 0.4) is 0 Å². The summed E-state index contributed by atoms with van der Waals surface area (Å²) in [6.45, 7) is 6.48. The summed E-state index contributed by atoms with van der Waals surface area (Å²) in [7, 11) is 0. The van der Waals surface area contributed by atoms with Crippen LogP contribution < -0.4 is 4.90 Å². The monoisotopic (exact) mass is 238 g/mol. The standard InChI is InChI=1S/C11H14N2S2/c1-3-13(4-2)11-9(5-7-15-11)10-12-6-8-14-10/h5-8H,3-4H2,1-2H3. The van der Waals surface area contributed by atoms with Crippen molar-refractivity contribution in [3.05, 3.63) is 23.0 Å². The van der Waals surface area contributed by atoms with Crippen LogP contribution in [0.1, 0.15) is 13.8 Å². The van der Waals surface area contributed by atoms with Crippen LogP contribution in [-0.4, -0.2) is 18.1 Å². The minimum Gasteiger partial charge on any atom is -0.363 e. The van der Waals surface area contributed by atoms with Crippen molar-refractivity contribution < 1.29 is 0 Å². The molecule has 0 aliphatic carbocycles. The van der Waals surface area contributed by atoms with Gasteiger partial charge in [-0.2, -0.15) is 0 Å². The number of hydrogen-bond donors (Lipinski definition) is 0. The molecule has 15 heavy (non-hydrogen) atoms. The summed E-state index contributed by atoms with van der Waals surface area (Å²) in [6, 6.07) is 2.16. The van der Waals surface area contributed by atoms with Crippen LogP contribution in [0.15, 0.2) is 23.0 Å². The van der Waals surface area contributed by atoms with E-state index in [0.717, 1.165) is 18.1 Å². The van der Waals surface area contributed by atoms with Gasteiger partial charge in [0.25, 0.3) is 0 Å². The van der Waals surface area contributed by atoms with E-state index < -0.39 is 0 Å². The fraction of sp³-hybridized carbons (Fsp3) is 0.364. The molecule has 0 aliphatic rings. The summed E-state index contributed by atoms with van der Waals surface area (Å²) in [5.41, 5.74) is 1.28. The molecule has 2 nitrogen and oxygen atoms in total. The van der Waals surface area contributed by atoms with E-state index in [4.69, 9.17) is 0 Å². The molecule has 2 heterocycles. The number of aromatic nitrogens is 1. The SMILES string of the molecule is CCN(CC)c1sccc1-c1nccs1. The fourth-order valence-electron chi connectivity index (χ4n) is 1.58. The van der Waals surface area contributed by atoms with Crippen LogP contribution in [0.5, 0.6) is 0 Å². The highest BCUT2D eigenvalue weighted by molar-refractivity contribution is 7.16. The van der Waals surface area contributed by atoms with Gasteiger partial charge >= 0.3 is 0 Å². The molecule has 0 spiro atoms. The number of hydrogen-bond acceptors (Lipinski definition) is 4. The highest BCUT2D eigenvalue weighted by Gasteiger charge is 2.12. The quantitative estimate of drug-likeness (QED) is 0.807. The molecule has 0 saturated heterocycles. The Bertz CT molecular complexity index is 402. The molecule has 0 radical (unpaired) electrons. The van der Waals surface area contributed by atoms with Gasteiger partial charge in [0.2, 0.25) is 0 Å². The molecule has 0 atom stereocenters. The van der Waals surface area contributed by atoms with Gasteiger partial charge in [0, 0.05) is 30.2 Å². The highest BCUT2D eigenvalue weighted by Crippen LogP contribution is 2.36. The van der Waals surface area contributed by atoms with Gasteiger partial charge in [-0.05, 0) is 25.3 Å². The molecule has 0 amide bonds. The van der Waals surface area contributed by atoms with Gasteiger partial charge in [0.05, 0.1) is 0 Å². The van der Waals surface area contributed by atoms with Gasteiger partial charge in [0.15, 0.2) is 0 Å². The summed E-state index contributed by atoms with van der Waals surface area (Å²) in [5, 5.41) is 6.64. The first-order valence-electron chi connectivity index (χ1n) is 5.09. The van der Waals surface area contributed by atoms with E-state index >= 15 is 0 Å². The van der Waals surface area contributed by atoms with E-state index in [1.807, 2.05) is 11.6 Å². The fourth-order valence-corrected chi connectivity index (χ4v) is 3.34. The van der Waals surface area contributed by atoms with Crippen molar-refractivity contribution in [2.45, 2.75) is 13.8 Å². The molecule has 0 N–H and O–H groups in total. The second kappa shape index (κ2) is 4.77. The molecule has 0 fully saturated rings. The topological polar surface area (TPSA) is 16.1 Å². The number of nitrogens with zero attached hydrogens (tertiary/aromatic N) is 2. The van der Waals surface area contributed by atoms with Crippen molar-refractivity contribution in [3.63, 3.8) is 0 Å². The minimum absolute atomic E-state index is 1.05. The predicted molar refractivity (Wildman–Crippen MR) is 69.0 cm³/mol. The molecule has 0 saturated carbocycles. The number of thiophene rings is 1. The molecule has 0 bridgehead atoms. The molecule has 2 aromatic rings. The average molecular weight is 238 g/mol. The van der Waals surface area contributed by atoms with Crippen LogP contribution in [0.4, 0.5) is 5.00 Å². The first-order chi connectivity index (χ1) is 7.36. The summed E-state index contributed by atoms with van der Waals surface area (Å²) >= 11 is 3.50. The Morgan fingerprint density at radius 1 is 1.20 bits per heavy atom. The third-order valence-corrected chi connectivity index (χ3v) is 4.14. The van der Waals surface area contributed by atoms with E-state index in [0.29, 0.717) is 0 Å². The van der Waals surface area contributed by atoms with Gasteiger partial charge in [0.1, 0.15) is 10.0 Å². The van der Waals surface area contributed by atoms with Crippen molar-refractivity contribution in [1.29, 1.82) is 0 Å². The first-order valence-corrected chi connectivity index (χ1v) is 6.85. The Kier molecular flexibility index (Phi) is 3.38. The Morgan fingerprint density at radius 3 is 2.60 bits per heavy atom. The Morgan fingerprint density at radius 2 is 2.00 bits per heavy atom. The van der Waals surface area contributed by atoms with Crippen LogP contribution >= 0.6 is 22.7 Å². The highest BCUT2D eigenvalue weighted by atomic mass is 32.1. The van der Waals surface area contributed by atoms with E-state index in [1.54, 1.807) is 22.7 Å². The van der Waals surface area contributed by atoms with Gasteiger partial charge in [-0.15, -0.1) is 22.7 Å². The molecule has 0 unspecified atom stereocenters. The lowest BCUT2D eigenvalue weighted by atomic mass is 10.3. The summed E-state index contributed by atoms with van der Waals surface area (Å²) < 4.78 is 0. The van der Waals surface area contributed by atoms with E-state index in [2.05, 4.69) is 35.2 Å². The zero-order valence-electron chi connectivity index (χ0n) is 8.93. The van der Waals surface area contributed by atoms with E-state index in [1.165, 1.54) is 10.6 Å². The molecule has 2 rings (SSSR count). The zero-order valence-corrected chi connectivity index (χ0v) is 10.6. The van der Waals surface area contributed by atoms with Gasteiger partial charge in [-0.25, -0.2) is 4.98 Å². The van der Waals surface area contributed by atoms with Crippen LogP contribution in [-0.2, 0) is 0 Å². The maximum absolute atomic E-state index is 4.37. The van der Waals surface area contributed by atoms with Crippen molar-refractivity contribution in [2.24, 2.45) is 0 Å². The van der Waals surface area contributed by atoms with Gasteiger partial charge in [-0.1, -0.05) is 0 Å². The molecule has 0 aromatic carbocycles. The van der Waals surface area contributed by atoms with Crippen molar-refractivity contribution >= 4 is 27.7 Å². The zero-order chi connectivity index (χ0) is 10.7. The van der Waals surface area contributed by atoms with Gasteiger partial charge in [-0.3, -0.25) is 0 Å². The predicted octanol–water partition coefficient (Wildman–Crippen LogP) is 3.72. The normalized spacial score (nSPS) is 10.5. The molecule has 2 aromatic heterocycles. The lowest BCUT2D eigenvalue weighted by Crippen LogP contribution is -2.21. The molecular weight excluding hydrogens is 224 g/mol. The molecular formula is C11H14N2S2. The van der Waals surface area contributed by atoms with Crippen molar-refractivity contribution in [1.82, 2.24) is 4.98 Å². The average Bonchev–Trinajstić information content (AvgIpc) is 2.88. The van der Waals surface area contributed by atoms with E-state index in [9.17, 15) is 0 Å². The van der Waals surface area contributed by atoms with Gasteiger partial charge < -0.3 is 4.90 Å². The lowest BCUT2D eigenvalue weighted by Gasteiger charge is -2.20. The summed E-state index contributed by atoms with van der Waals surface area (Å²) in [4.78, 5) is 6.75. The number of rotatable bonds is 4. The second-order valence-corrected chi connectivity index (χ2v) is 4.94. The largest absolute Gasteiger partial charge is 0.363 e. The molecule has 80 valence electrons. The minimum atomic E-state index is 1.05. The lowest BCUT2D eigenvalue weighted by molar-refractivity contribution is 0.877. The van der Waals surface area contributed by atoms with Crippen LogP contribution in [0, 0.1) is 0 Å². The smallest absolute Gasteiger partial charge is 0.126 e. The van der Waals surface area contributed by atoms with Crippen LogP contribution in [0.2, 0.25) is 0 Å². The number of thiazole rings is 1. The van der Waals surface area contributed by atoms with Crippen molar-refractivity contribution in [3.8, 4) is 10.6 Å².